The maximum atomic E-state index is 8.29. The van der Waals surface area contributed by atoms with E-state index >= 15 is 0 Å². The Bertz CT molecular complexity index is 47.7. The van der Waals surface area contributed by atoms with Crippen LogP contribution >= 0.6 is 0 Å². The molecule has 0 aliphatic rings. The van der Waals surface area contributed by atoms with E-state index in [1.165, 1.54) is 0 Å². The molecule has 0 amide bonds. The highest BCUT2D eigenvalue weighted by Gasteiger charge is 1.92. The molecule has 0 atom stereocenters. The molecule has 3 nitrogen and oxygen atoms in total. The number of hydrogen-bond acceptors (Lipinski definition) is 3. The number of hydrogen-bond donors (Lipinski definition) is 3. The van der Waals surface area contributed by atoms with Crippen LogP contribution in [0.5, 0.6) is 0 Å². The molecule has 3 N–H and O–H groups in total. The Morgan fingerprint density at radius 1 is 1.50 bits per heavy atom. The van der Waals surface area contributed by atoms with Gasteiger partial charge in [0.2, 0.25) is 0 Å². The molecule has 0 unspecified atom stereocenters. The Kier molecular flexibility index (Phi) is 4.95. The van der Waals surface area contributed by atoms with E-state index in [0.717, 1.165) is 6.54 Å². The molecule has 0 saturated carbocycles. The van der Waals surface area contributed by atoms with Gasteiger partial charge in [-0.1, -0.05) is 6.92 Å². The monoisotopic (exact) mass is 119 g/mol. The van der Waals surface area contributed by atoms with Gasteiger partial charge in [0.25, 0.3) is 0 Å². The van der Waals surface area contributed by atoms with Gasteiger partial charge in [0.05, 0.1) is 0 Å². The number of rotatable bonds is 4. The summed E-state index contributed by atoms with van der Waals surface area (Å²) in [4.78, 5) is 0. The molecule has 0 bridgehead atoms. The lowest BCUT2D eigenvalue weighted by atomic mass is 10.4. The van der Waals surface area contributed by atoms with Crippen LogP contribution in [0.1, 0.15) is 13.3 Å². The predicted molar refractivity (Wildman–Crippen MR) is 31.4 cm³/mol. The average molecular weight is 119 g/mol. The van der Waals surface area contributed by atoms with Crippen molar-refractivity contribution in [1.29, 1.82) is 0 Å². The highest BCUT2D eigenvalue weighted by atomic mass is 16.5. The smallest absolute Gasteiger partial charge is 0.152 e. The van der Waals surface area contributed by atoms with Crippen molar-refractivity contribution in [2.75, 3.05) is 13.1 Å². The first kappa shape index (κ1) is 7.88. The molecule has 0 radical (unpaired) electrons. The second-order valence-electron chi connectivity index (χ2n) is 1.62. The minimum atomic E-state index is -1.16. The molecule has 0 aromatic heterocycles. The van der Waals surface area contributed by atoms with Crippen LogP contribution < -0.4 is 5.32 Å². The Hall–Kier alpha value is -0.120. The first-order valence-corrected chi connectivity index (χ1v) is 2.84. The Balaban J connectivity index is 2.72. The van der Waals surface area contributed by atoms with Crippen molar-refractivity contribution in [2.24, 2.45) is 0 Å². The molecular formula is C5H13NO2. The van der Waals surface area contributed by atoms with Gasteiger partial charge in [0.1, 0.15) is 0 Å². The lowest BCUT2D eigenvalue weighted by Gasteiger charge is -2.01. The van der Waals surface area contributed by atoms with Crippen LogP contribution in [0, 0.1) is 0 Å². The van der Waals surface area contributed by atoms with Gasteiger partial charge in [0, 0.05) is 6.42 Å². The third-order valence-electron chi connectivity index (χ3n) is 0.829. The van der Waals surface area contributed by atoms with E-state index in [2.05, 4.69) is 5.32 Å². The molecular weight excluding hydrogens is 106 g/mol. The minimum absolute atomic E-state index is 0.411. The third kappa shape index (κ3) is 5.88. The normalized spacial score (nSPS) is 10.5. The molecule has 50 valence electrons. The molecule has 0 spiro atoms. The largest absolute Gasteiger partial charge is 0.368 e. The van der Waals surface area contributed by atoms with E-state index in [4.69, 9.17) is 10.2 Å². The zero-order valence-corrected chi connectivity index (χ0v) is 5.09. The summed E-state index contributed by atoms with van der Waals surface area (Å²) in [6.07, 6.45) is -0.748. The first-order valence-electron chi connectivity index (χ1n) is 2.84. The van der Waals surface area contributed by atoms with E-state index in [1.807, 2.05) is 6.92 Å². The lowest BCUT2D eigenvalue weighted by Crippen LogP contribution is -2.19. The quantitative estimate of drug-likeness (QED) is 0.339. The van der Waals surface area contributed by atoms with Crippen molar-refractivity contribution < 1.29 is 10.2 Å². The van der Waals surface area contributed by atoms with E-state index in [-0.39, 0.29) is 0 Å². The Labute approximate surface area is 49.3 Å². The van der Waals surface area contributed by atoms with Crippen LogP contribution in [0.15, 0.2) is 0 Å². The fourth-order valence-electron chi connectivity index (χ4n) is 0.408. The molecule has 0 saturated heterocycles. The third-order valence-corrected chi connectivity index (χ3v) is 0.829. The first-order chi connectivity index (χ1) is 3.77. The summed E-state index contributed by atoms with van der Waals surface area (Å²) in [5.41, 5.74) is 0. The summed E-state index contributed by atoms with van der Waals surface area (Å²) in [5, 5.41) is 19.5. The van der Waals surface area contributed by atoms with E-state index < -0.39 is 6.29 Å². The SMILES string of the molecule is CCNCCC(O)O. The molecule has 0 aliphatic heterocycles. The second kappa shape index (κ2) is 5.03. The van der Waals surface area contributed by atoms with Crippen LogP contribution in [-0.4, -0.2) is 29.6 Å². The average Bonchev–Trinajstić information content (AvgIpc) is 1.66. The second-order valence-corrected chi connectivity index (χ2v) is 1.62. The van der Waals surface area contributed by atoms with Gasteiger partial charge in [0.15, 0.2) is 6.29 Å². The summed E-state index contributed by atoms with van der Waals surface area (Å²) >= 11 is 0. The van der Waals surface area contributed by atoms with Crippen molar-refractivity contribution in [3.05, 3.63) is 0 Å². The lowest BCUT2D eigenvalue weighted by molar-refractivity contribution is -0.0443. The van der Waals surface area contributed by atoms with Gasteiger partial charge in [-0.25, -0.2) is 0 Å². The molecule has 3 heteroatoms. The van der Waals surface area contributed by atoms with E-state index in [1.54, 1.807) is 0 Å². The van der Waals surface area contributed by atoms with Crippen LogP contribution in [0.4, 0.5) is 0 Å². The van der Waals surface area contributed by atoms with Crippen molar-refractivity contribution in [3.63, 3.8) is 0 Å². The standard InChI is InChI=1S/C5H13NO2/c1-2-6-4-3-5(7)8/h5-8H,2-4H2,1H3. The van der Waals surface area contributed by atoms with Gasteiger partial charge in [-0.05, 0) is 13.1 Å². The van der Waals surface area contributed by atoms with Gasteiger partial charge < -0.3 is 15.5 Å². The van der Waals surface area contributed by atoms with Crippen molar-refractivity contribution in [2.45, 2.75) is 19.6 Å². The molecule has 8 heavy (non-hydrogen) atoms. The van der Waals surface area contributed by atoms with Crippen LogP contribution in [0.2, 0.25) is 0 Å². The summed E-state index contributed by atoms with van der Waals surface area (Å²) in [5.74, 6) is 0. The van der Waals surface area contributed by atoms with Crippen LogP contribution in [0.25, 0.3) is 0 Å². The molecule has 0 aromatic carbocycles. The maximum Gasteiger partial charge on any atom is 0.152 e. The zero-order chi connectivity index (χ0) is 6.41. The molecule has 0 aromatic rings. The maximum absolute atomic E-state index is 8.29. The summed E-state index contributed by atoms with van der Waals surface area (Å²) in [6.45, 7) is 3.53. The summed E-state index contributed by atoms with van der Waals surface area (Å²) < 4.78 is 0. The van der Waals surface area contributed by atoms with Crippen molar-refractivity contribution in [3.8, 4) is 0 Å². The zero-order valence-electron chi connectivity index (χ0n) is 5.09. The van der Waals surface area contributed by atoms with Crippen molar-refractivity contribution >= 4 is 0 Å². The molecule has 0 aliphatic carbocycles. The van der Waals surface area contributed by atoms with Gasteiger partial charge in [-0.2, -0.15) is 0 Å². The van der Waals surface area contributed by atoms with Crippen molar-refractivity contribution in [1.82, 2.24) is 5.32 Å². The summed E-state index contributed by atoms with van der Waals surface area (Å²) in [6, 6.07) is 0. The topological polar surface area (TPSA) is 52.5 Å². The Morgan fingerprint density at radius 3 is 2.50 bits per heavy atom. The van der Waals surface area contributed by atoms with Gasteiger partial charge >= 0.3 is 0 Å². The van der Waals surface area contributed by atoms with Gasteiger partial charge in [-0.15, -0.1) is 0 Å². The fourth-order valence-corrected chi connectivity index (χ4v) is 0.408. The minimum Gasteiger partial charge on any atom is -0.368 e. The number of nitrogens with one attached hydrogen (secondary N) is 1. The highest BCUT2D eigenvalue weighted by molar-refractivity contribution is 4.43. The molecule has 0 fully saturated rings. The predicted octanol–water partition coefficient (Wildman–Crippen LogP) is -0.703. The molecule has 0 rings (SSSR count). The molecule has 0 heterocycles. The highest BCUT2D eigenvalue weighted by Crippen LogP contribution is 1.80. The fraction of sp³-hybridized carbons (Fsp3) is 1.00. The van der Waals surface area contributed by atoms with Gasteiger partial charge in [-0.3, -0.25) is 0 Å². The van der Waals surface area contributed by atoms with Crippen LogP contribution in [-0.2, 0) is 0 Å². The number of aliphatic hydroxyl groups is 2. The van der Waals surface area contributed by atoms with Crippen LogP contribution in [0.3, 0.4) is 0 Å². The van der Waals surface area contributed by atoms with E-state index in [9.17, 15) is 0 Å². The summed E-state index contributed by atoms with van der Waals surface area (Å²) in [7, 11) is 0. The number of aliphatic hydroxyl groups excluding tert-OH is 1. The Morgan fingerprint density at radius 2 is 2.12 bits per heavy atom. The van der Waals surface area contributed by atoms with E-state index in [0.29, 0.717) is 13.0 Å².